The van der Waals surface area contributed by atoms with Crippen molar-refractivity contribution >= 4 is 16.3 Å². The van der Waals surface area contributed by atoms with Crippen molar-refractivity contribution in [1.82, 2.24) is 9.30 Å². The molecule has 5 rings (SSSR count). The van der Waals surface area contributed by atoms with Gasteiger partial charge in [0.25, 0.3) is 0 Å². The summed E-state index contributed by atoms with van der Waals surface area (Å²) in [7, 11) is 2.28. The van der Waals surface area contributed by atoms with E-state index in [9.17, 15) is 0 Å². The van der Waals surface area contributed by atoms with Gasteiger partial charge in [-0.3, -0.25) is 4.90 Å². The second-order valence-electron chi connectivity index (χ2n) is 7.46. The monoisotopic (exact) mass is 340 g/mol. The molecule has 1 aliphatic heterocycles. The SMILES string of the molecule is CN1CCCCC1c1cc2c3ccccc3ccn2c1-c1ccccc1. The molecule has 1 atom stereocenters. The molecule has 26 heavy (non-hydrogen) atoms. The molecule has 0 spiro atoms. The van der Waals surface area contributed by atoms with Crippen molar-refractivity contribution in [2.75, 3.05) is 13.6 Å². The third kappa shape index (κ3) is 2.45. The maximum atomic E-state index is 2.53. The molecule has 1 saturated heterocycles. The van der Waals surface area contributed by atoms with Crippen LogP contribution >= 0.6 is 0 Å². The van der Waals surface area contributed by atoms with Gasteiger partial charge in [0.2, 0.25) is 0 Å². The second-order valence-corrected chi connectivity index (χ2v) is 7.46. The summed E-state index contributed by atoms with van der Waals surface area (Å²) in [6.45, 7) is 1.19. The molecule has 0 amide bonds. The largest absolute Gasteiger partial charge is 0.316 e. The molecule has 3 heterocycles. The van der Waals surface area contributed by atoms with Crippen LogP contribution in [0.3, 0.4) is 0 Å². The van der Waals surface area contributed by atoms with E-state index in [2.05, 4.69) is 89.3 Å². The van der Waals surface area contributed by atoms with Crippen LogP contribution in [-0.2, 0) is 0 Å². The van der Waals surface area contributed by atoms with E-state index < -0.39 is 0 Å². The van der Waals surface area contributed by atoms with Crippen molar-refractivity contribution in [3.63, 3.8) is 0 Å². The fourth-order valence-electron chi connectivity index (χ4n) is 4.56. The first-order valence-electron chi connectivity index (χ1n) is 9.61. The minimum absolute atomic E-state index is 0.498. The molecule has 2 nitrogen and oxygen atoms in total. The number of rotatable bonds is 2. The summed E-state index contributed by atoms with van der Waals surface area (Å²) in [5.74, 6) is 0. The third-order valence-electron chi connectivity index (χ3n) is 5.88. The first kappa shape index (κ1) is 15.7. The van der Waals surface area contributed by atoms with Crippen molar-refractivity contribution in [1.29, 1.82) is 0 Å². The average Bonchev–Trinajstić information content (AvgIpc) is 3.09. The average molecular weight is 340 g/mol. The van der Waals surface area contributed by atoms with Gasteiger partial charge in [0.1, 0.15) is 0 Å². The van der Waals surface area contributed by atoms with E-state index >= 15 is 0 Å². The lowest BCUT2D eigenvalue weighted by Gasteiger charge is -2.33. The van der Waals surface area contributed by atoms with E-state index in [0.717, 1.165) is 0 Å². The van der Waals surface area contributed by atoms with E-state index in [-0.39, 0.29) is 0 Å². The van der Waals surface area contributed by atoms with Crippen LogP contribution < -0.4 is 0 Å². The molecule has 2 heteroatoms. The minimum atomic E-state index is 0.498. The maximum Gasteiger partial charge on any atom is 0.0576 e. The van der Waals surface area contributed by atoms with Crippen LogP contribution in [0.15, 0.2) is 72.9 Å². The van der Waals surface area contributed by atoms with E-state index in [1.165, 1.54) is 58.9 Å². The predicted molar refractivity (Wildman–Crippen MR) is 110 cm³/mol. The summed E-state index contributed by atoms with van der Waals surface area (Å²) < 4.78 is 2.40. The Kier molecular flexibility index (Phi) is 3.79. The number of hydrogen-bond donors (Lipinski definition) is 0. The Bertz CT molecular complexity index is 1060. The molecule has 0 saturated carbocycles. The molecule has 0 radical (unpaired) electrons. The number of benzene rings is 2. The number of piperidine rings is 1. The summed E-state index contributed by atoms with van der Waals surface area (Å²) in [5, 5.41) is 2.64. The van der Waals surface area contributed by atoms with Crippen LogP contribution in [0.1, 0.15) is 30.9 Å². The molecule has 2 aromatic heterocycles. The Hall–Kier alpha value is -2.58. The Labute approximate surface area is 154 Å². The molecule has 0 aliphatic carbocycles. The zero-order valence-electron chi connectivity index (χ0n) is 15.2. The number of pyridine rings is 1. The van der Waals surface area contributed by atoms with Gasteiger partial charge in [-0.15, -0.1) is 0 Å². The smallest absolute Gasteiger partial charge is 0.0576 e. The van der Waals surface area contributed by atoms with Gasteiger partial charge >= 0.3 is 0 Å². The van der Waals surface area contributed by atoms with Gasteiger partial charge in [-0.2, -0.15) is 0 Å². The highest BCUT2D eigenvalue weighted by molar-refractivity contribution is 5.98. The summed E-state index contributed by atoms with van der Waals surface area (Å²) in [6.07, 6.45) is 6.11. The van der Waals surface area contributed by atoms with Gasteiger partial charge < -0.3 is 4.40 Å². The summed E-state index contributed by atoms with van der Waals surface area (Å²) in [5.41, 5.74) is 5.44. The summed E-state index contributed by atoms with van der Waals surface area (Å²) in [4.78, 5) is 2.53. The Morgan fingerprint density at radius 2 is 1.69 bits per heavy atom. The Morgan fingerprint density at radius 3 is 2.54 bits per heavy atom. The second kappa shape index (κ2) is 6.30. The first-order chi connectivity index (χ1) is 12.8. The lowest BCUT2D eigenvalue weighted by atomic mass is 9.93. The topological polar surface area (TPSA) is 7.65 Å². The lowest BCUT2D eigenvalue weighted by molar-refractivity contribution is 0.188. The van der Waals surface area contributed by atoms with Crippen molar-refractivity contribution < 1.29 is 0 Å². The standard InChI is InChI=1S/C24H24N2/c1-25-15-8-7-13-22(25)21-17-23-20-12-6-5-9-18(20)14-16-26(23)24(21)19-10-3-2-4-11-19/h2-6,9-12,14,16-17,22H,7-8,13,15H2,1H3. The first-order valence-corrected chi connectivity index (χ1v) is 9.61. The molecule has 1 fully saturated rings. The molecule has 0 N–H and O–H groups in total. The van der Waals surface area contributed by atoms with Crippen LogP contribution in [0.2, 0.25) is 0 Å². The van der Waals surface area contributed by atoms with Crippen molar-refractivity contribution in [3.8, 4) is 11.3 Å². The highest BCUT2D eigenvalue weighted by Crippen LogP contribution is 2.39. The fraction of sp³-hybridized carbons (Fsp3) is 0.250. The zero-order chi connectivity index (χ0) is 17.5. The molecule has 4 aromatic rings. The number of hydrogen-bond acceptors (Lipinski definition) is 1. The van der Waals surface area contributed by atoms with Gasteiger partial charge in [0, 0.05) is 17.6 Å². The normalized spacial score (nSPS) is 18.6. The number of fused-ring (bicyclic) bond motifs is 3. The summed E-state index contributed by atoms with van der Waals surface area (Å²) in [6, 6.07) is 24.8. The third-order valence-corrected chi connectivity index (χ3v) is 5.88. The molecular weight excluding hydrogens is 316 g/mol. The van der Waals surface area contributed by atoms with Crippen molar-refractivity contribution in [2.45, 2.75) is 25.3 Å². The van der Waals surface area contributed by atoms with E-state index in [4.69, 9.17) is 0 Å². The highest BCUT2D eigenvalue weighted by atomic mass is 15.1. The summed E-state index contributed by atoms with van der Waals surface area (Å²) >= 11 is 0. The predicted octanol–water partition coefficient (Wildman–Crippen LogP) is 5.92. The van der Waals surface area contributed by atoms with E-state index in [1.54, 1.807) is 0 Å². The molecular formula is C24H24N2. The van der Waals surface area contributed by atoms with E-state index in [0.29, 0.717) is 6.04 Å². The quantitative estimate of drug-likeness (QED) is 0.440. The van der Waals surface area contributed by atoms with Crippen LogP contribution in [0.4, 0.5) is 0 Å². The molecule has 1 unspecified atom stereocenters. The van der Waals surface area contributed by atoms with Gasteiger partial charge in [-0.05, 0) is 55.1 Å². The van der Waals surface area contributed by atoms with E-state index in [1.807, 2.05) is 0 Å². The van der Waals surface area contributed by atoms with Crippen molar-refractivity contribution in [3.05, 3.63) is 78.5 Å². The highest BCUT2D eigenvalue weighted by Gasteiger charge is 2.26. The maximum absolute atomic E-state index is 2.53. The van der Waals surface area contributed by atoms with Crippen LogP contribution in [0.25, 0.3) is 27.5 Å². The molecule has 2 aromatic carbocycles. The van der Waals surface area contributed by atoms with Gasteiger partial charge in [-0.25, -0.2) is 0 Å². The Balaban J connectivity index is 1.83. The number of nitrogens with zero attached hydrogens (tertiary/aromatic N) is 2. The lowest BCUT2D eigenvalue weighted by Crippen LogP contribution is -2.29. The zero-order valence-corrected chi connectivity index (χ0v) is 15.2. The van der Waals surface area contributed by atoms with Crippen molar-refractivity contribution in [2.24, 2.45) is 0 Å². The van der Waals surface area contributed by atoms with Crippen LogP contribution in [0.5, 0.6) is 0 Å². The molecule has 0 bridgehead atoms. The number of likely N-dealkylation sites (tertiary alicyclic amines) is 1. The molecule has 130 valence electrons. The minimum Gasteiger partial charge on any atom is -0.316 e. The van der Waals surface area contributed by atoms with Crippen LogP contribution in [0, 0.1) is 0 Å². The fourth-order valence-corrected chi connectivity index (χ4v) is 4.56. The van der Waals surface area contributed by atoms with Gasteiger partial charge in [0.05, 0.1) is 11.2 Å². The van der Waals surface area contributed by atoms with Crippen LogP contribution in [-0.4, -0.2) is 22.9 Å². The number of aromatic nitrogens is 1. The van der Waals surface area contributed by atoms with Gasteiger partial charge in [-0.1, -0.05) is 61.0 Å². The molecule has 1 aliphatic rings. The Morgan fingerprint density at radius 1 is 0.885 bits per heavy atom. The van der Waals surface area contributed by atoms with Gasteiger partial charge in [0.15, 0.2) is 0 Å².